The standard InChI is InChI=1S/C15H20ClN3O2/c1-10(2)17-7-14(20)18-8-15(21)19(9-18)13-6-4-5-12(16)11(13)3/h4-6,10,17H,7-9H2,1-3H3/p+1. The number of rotatable bonds is 4. The number of nitrogens with zero attached hydrogens (tertiary/aromatic N) is 2. The summed E-state index contributed by atoms with van der Waals surface area (Å²) in [6, 6.07) is 5.82. The number of nitrogens with two attached hydrogens (primary N) is 1. The Morgan fingerprint density at radius 1 is 1.43 bits per heavy atom. The molecular formula is C15H21ClN3O2+. The van der Waals surface area contributed by atoms with Gasteiger partial charge in [-0.2, -0.15) is 0 Å². The van der Waals surface area contributed by atoms with Crippen molar-refractivity contribution in [3.05, 3.63) is 28.8 Å². The lowest BCUT2D eigenvalue weighted by atomic mass is 10.2. The molecule has 1 aromatic carbocycles. The minimum absolute atomic E-state index is 0.0146. The Labute approximate surface area is 129 Å². The second-order valence-electron chi connectivity index (χ2n) is 5.62. The van der Waals surface area contributed by atoms with Crippen LogP contribution in [0.4, 0.5) is 5.69 Å². The van der Waals surface area contributed by atoms with E-state index < -0.39 is 0 Å². The third kappa shape index (κ3) is 3.54. The molecule has 1 aliphatic heterocycles. The van der Waals surface area contributed by atoms with Crippen molar-refractivity contribution < 1.29 is 14.9 Å². The Morgan fingerprint density at radius 3 is 2.81 bits per heavy atom. The zero-order chi connectivity index (χ0) is 15.6. The number of carbonyl (C=O) groups excluding carboxylic acids is 2. The normalized spacial score (nSPS) is 15.2. The maximum absolute atomic E-state index is 12.2. The zero-order valence-electron chi connectivity index (χ0n) is 12.6. The monoisotopic (exact) mass is 310 g/mol. The number of benzene rings is 1. The van der Waals surface area contributed by atoms with E-state index in [9.17, 15) is 9.59 Å². The zero-order valence-corrected chi connectivity index (χ0v) is 13.4. The van der Waals surface area contributed by atoms with E-state index in [4.69, 9.17) is 11.6 Å². The smallest absolute Gasteiger partial charge is 0.279 e. The SMILES string of the molecule is Cc1c(Cl)cccc1N1CN(C(=O)C[NH2+]C(C)C)CC1=O. The molecule has 1 heterocycles. The summed E-state index contributed by atoms with van der Waals surface area (Å²) in [7, 11) is 0. The van der Waals surface area contributed by atoms with Crippen molar-refractivity contribution in [1.29, 1.82) is 0 Å². The highest BCUT2D eigenvalue weighted by molar-refractivity contribution is 6.31. The predicted molar refractivity (Wildman–Crippen MR) is 82.2 cm³/mol. The van der Waals surface area contributed by atoms with Crippen LogP contribution in [0.1, 0.15) is 19.4 Å². The van der Waals surface area contributed by atoms with E-state index in [2.05, 4.69) is 0 Å². The van der Waals surface area contributed by atoms with Gasteiger partial charge in [-0.15, -0.1) is 0 Å². The Morgan fingerprint density at radius 2 is 2.14 bits per heavy atom. The fourth-order valence-electron chi connectivity index (χ4n) is 2.28. The first-order valence-electron chi connectivity index (χ1n) is 7.06. The molecule has 5 nitrogen and oxygen atoms in total. The molecule has 0 aliphatic carbocycles. The summed E-state index contributed by atoms with van der Waals surface area (Å²) in [5.41, 5.74) is 1.63. The van der Waals surface area contributed by atoms with E-state index in [-0.39, 0.29) is 18.4 Å². The van der Waals surface area contributed by atoms with Crippen molar-refractivity contribution in [2.24, 2.45) is 0 Å². The number of hydrogen-bond donors (Lipinski definition) is 1. The van der Waals surface area contributed by atoms with Crippen molar-refractivity contribution in [1.82, 2.24) is 4.90 Å². The summed E-state index contributed by atoms with van der Waals surface area (Å²) < 4.78 is 0. The second kappa shape index (κ2) is 6.45. The van der Waals surface area contributed by atoms with Crippen molar-refractivity contribution in [2.45, 2.75) is 26.8 Å². The number of halogens is 1. The van der Waals surface area contributed by atoms with Gasteiger partial charge in [0.25, 0.3) is 5.91 Å². The van der Waals surface area contributed by atoms with Crippen LogP contribution in [0, 0.1) is 6.92 Å². The number of quaternary nitrogens is 1. The van der Waals surface area contributed by atoms with Gasteiger partial charge in [0.2, 0.25) is 5.91 Å². The van der Waals surface area contributed by atoms with Gasteiger partial charge in [0.15, 0.2) is 6.54 Å². The van der Waals surface area contributed by atoms with Gasteiger partial charge in [-0.05, 0) is 38.5 Å². The number of anilines is 1. The highest BCUT2D eigenvalue weighted by atomic mass is 35.5. The molecule has 0 bridgehead atoms. The molecule has 6 heteroatoms. The number of carbonyl (C=O) groups is 2. The summed E-state index contributed by atoms with van der Waals surface area (Å²) >= 11 is 6.10. The first-order valence-corrected chi connectivity index (χ1v) is 7.44. The molecule has 1 saturated heterocycles. The van der Waals surface area contributed by atoms with Crippen LogP contribution in [0.2, 0.25) is 5.02 Å². The molecule has 0 atom stereocenters. The lowest BCUT2D eigenvalue weighted by Crippen LogP contribution is -2.90. The van der Waals surface area contributed by atoms with Gasteiger partial charge in [-0.3, -0.25) is 14.5 Å². The minimum atomic E-state index is -0.0711. The summed E-state index contributed by atoms with van der Waals surface area (Å²) in [5.74, 6) is -0.0857. The van der Waals surface area contributed by atoms with Crippen LogP contribution in [0.3, 0.4) is 0 Å². The summed E-state index contributed by atoms with van der Waals surface area (Å²) in [5, 5.41) is 2.58. The maximum Gasteiger partial charge on any atom is 0.279 e. The largest absolute Gasteiger partial charge is 0.336 e. The average molecular weight is 311 g/mol. The van der Waals surface area contributed by atoms with Crippen LogP contribution in [0.25, 0.3) is 0 Å². The average Bonchev–Trinajstić information content (AvgIpc) is 2.81. The molecule has 0 spiro atoms. The summed E-state index contributed by atoms with van der Waals surface area (Å²) in [4.78, 5) is 27.5. The molecule has 0 radical (unpaired) electrons. The fraction of sp³-hybridized carbons (Fsp3) is 0.467. The minimum Gasteiger partial charge on any atom is -0.336 e. The van der Waals surface area contributed by atoms with Gasteiger partial charge in [0.05, 0.1) is 6.04 Å². The number of hydrogen-bond acceptors (Lipinski definition) is 2. The molecule has 2 amide bonds. The molecule has 1 aliphatic rings. The molecule has 0 saturated carbocycles. The Bertz CT molecular complexity index is 560. The Hall–Kier alpha value is -1.59. The van der Waals surface area contributed by atoms with Crippen LogP contribution in [-0.4, -0.2) is 42.5 Å². The van der Waals surface area contributed by atoms with Gasteiger partial charge in [0, 0.05) is 10.7 Å². The van der Waals surface area contributed by atoms with Crippen molar-refractivity contribution in [3.8, 4) is 0 Å². The molecule has 0 aromatic heterocycles. The van der Waals surface area contributed by atoms with Gasteiger partial charge in [0.1, 0.15) is 13.2 Å². The third-order valence-electron chi connectivity index (χ3n) is 3.59. The predicted octanol–water partition coefficient (Wildman–Crippen LogP) is 0.753. The van der Waals surface area contributed by atoms with Crippen molar-refractivity contribution in [2.75, 3.05) is 24.7 Å². The van der Waals surface area contributed by atoms with Gasteiger partial charge in [-0.25, -0.2) is 0 Å². The fourth-order valence-corrected chi connectivity index (χ4v) is 2.45. The topological polar surface area (TPSA) is 57.2 Å². The molecule has 114 valence electrons. The maximum atomic E-state index is 12.2. The van der Waals surface area contributed by atoms with E-state index in [1.54, 1.807) is 15.9 Å². The highest BCUT2D eigenvalue weighted by Crippen LogP contribution is 2.28. The third-order valence-corrected chi connectivity index (χ3v) is 4.00. The second-order valence-corrected chi connectivity index (χ2v) is 6.03. The Balaban J connectivity index is 2.09. The van der Waals surface area contributed by atoms with Crippen LogP contribution in [0.15, 0.2) is 18.2 Å². The summed E-state index contributed by atoms with van der Waals surface area (Å²) in [6.07, 6.45) is 0. The highest BCUT2D eigenvalue weighted by Gasteiger charge is 2.33. The van der Waals surface area contributed by atoms with E-state index in [1.807, 2.05) is 38.2 Å². The van der Waals surface area contributed by atoms with Crippen LogP contribution >= 0.6 is 11.6 Å². The van der Waals surface area contributed by atoms with Crippen LogP contribution in [-0.2, 0) is 9.59 Å². The molecule has 0 unspecified atom stereocenters. The van der Waals surface area contributed by atoms with E-state index >= 15 is 0 Å². The molecular weight excluding hydrogens is 290 g/mol. The van der Waals surface area contributed by atoms with Gasteiger partial charge >= 0.3 is 0 Å². The molecule has 1 fully saturated rings. The van der Waals surface area contributed by atoms with Gasteiger partial charge in [-0.1, -0.05) is 17.7 Å². The Kier molecular flexibility index (Phi) is 4.85. The molecule has 21 heavy (non-hydrogen) atoms. The quantitative estimate of drug-likeness (QED) is 0.892. The molecule has 1 aromatic rings. The summed E-state index contributed by atoms with van der Waals surface area (Å²) in [6.45, 7) is 6.74. The van der Waals surface area contributed by atoms with E-state index in [0.717, 1.165) is 11.3 Å². The molecule has 2 rings (SSSR count). The lowest BCUT2D eigenvalue weighted by Gasteiger charge is -2.20. The molecule has 2 N–H and O–H groups in total. The van der Waals surface area contributed by atoms with E-state index in [0.29, 0.717) is 24.3 Å². The first-order chi connectivity index (χ1) is 9.90. The first kappa shape index (κ1) is 15.8. The van der Waals surface area contributed by atoms with Gasteiger partial charge < -0.3 is 10.2 Å². The van der Waals surface area contributed by atoms with Crippen molar-refractivity contribution in [3.63, 3.8) is 0 Å². The van der Waals surface area contributed by atoms with E-state index in [1.165, 1.54) is 0 Å². The van der Waals surface area contributed by atoms with Crippen molar-refractivity contribution >= 4 is 29.1 Å². The van der Waals surface area contributed by atoms with Crippen LogP contribution in [0.5, 0.6) is 0 Å². The number of amides is 2. The van der Waals surface area contributed by atoms with Crippen LogP contribution < -0.4 is 10.2 Å². The lowest BCUT2D eigenvalue weighted by molar-refractivity contribution is -0.673.